The maximum absolute atomic E-state index is 5.10. The molecule has 1 saturated carbocycles. The molecule has 0 aromatic rings. The Bertz CT molecular complexity index is 175. The summed E-state index contributed by atoms with van der Waals surface area (Å²) in [7, 11) is 1.79. The molecule has 0 spiro atoms. The van der Waals surface area contributed by atoms with Crippen LogP contribution in [0.2, 0.25) is 0 Å². The molecule has 2 atom stereocenters. The van der Waals surface area contributed by atoms with E-state index in [-0.39, 0.29) is 0 Å². The van der Waals surface area contributed by atoms with Gasteiger partial charge >= 0.3 is 0 Å². The first-order chi connectivity index (χ1) is 6.92. The minimum Gasteiger partial charge on any atom is -0.385 e. The van der Waals surface area contributed by atoms with E-state index >= 15 is 0 Å². The van der Waals surface area contributed by atoms with Gasteiger partial charge in [0.15, 0.2) is 0 Å². The maximum atomic E-state index is 5.10. The Morgan fingerprint density at radius 1 is 1.43 bits per heavy atom. The number of fused-ring (bicyclic) bond motifs is 1. The van der Waals surface area contributed by atoms with Gasteiger partial charge in [0.25, 0.3) is 0 Å². The van der Waals surface area contributed by atoms with E-state index in [4.69, 9.17) is 4.74 Å². The number of nitrogens with one attached hydrogen (secondary N) is 1. The quantitative estimate of drug-likeness (QED) is 0.678. The van der Waals surface area contributed by atoms with E-state index in [2.05, 4.69) is 10.2 Å². The molecule has 0 radical (unpaired) electrons. The van der Waals surface area contributed by atoms with Gasteiger partial charge in [-0.1, -0.05) is 6.42 Å². The van der Waals surface area contributed by atoms with Crippen molar-refractivity contribution in [1.29, 1.82) is 0 Å². The summed E-state index contributed by atoms with van der Waals surface area (Å²) in [6, 6.07) is 1.60. The molecule has 0 bridgehead atoms. The van der Waals surface area contributed by atoms with Crippen molar-refractivity contribution in [1.82, 2.24) is 10.2 Å². The van der Waals surface area contributed by atoms with Gasteiger partial charge in [-0.2, -0.15) is 0 Å². The number of rotatable bonds is 4. The van der Waals surface area contributed by atoms with Crippen LogP contribution in [-0.2, 0) is 4.74 Å². The van der Waals surface area contributed by atoms with E-state index < -0.39 is 0 Å². The smallest absolute Gasteiger partial charge is 0.0474 e. The molecule has 1 saturated heterocycles. The molecule has 2 aliphatic rings. The largest absolute Gasteiger partial charge is 0.385 e. The van der Waals surface area contributed by atoms with Crippen LogP contribution in [0.4, 0.5) is 0 Å². The standard InChI is InChI=1S/C11H22N2O/c1-14-9-3-7-13-8-6-12-10-4-2-5-11(10)13/h10-12H,2-9H2,1H3. The van der Waals surface area contributed by atoms with Crippen LogP contribution in [-0.4, -0.2) is 50.3 Å². The zero-order valence-corrected chi connectivity index (χ0v) is 9.17. The number of ether oxygens (including phenoxy) is 1. The highest BCUT2D eigenvalue weighted by Crippen LogP contribution is 2.26. The van der Waals surface area contributed by atoms with Crippen molar-refractivity contribution in [2.24, 2.45) is 0 Å². The highest BCUT2D eigenvalue weighted by atomic mass is 16.5. The van der Waals surface area contributed by atoms with E-state index in [1.165, 1.54) is 45.3 Å². The molecular weight excluding hydrogens is 176 g/mol. The lowest BCUT2D eigenvalue weighted by molar-refractivity contribution is 0.115. The molecule has 2 rings (SSSR count). The van der Waals surface area contributed by atoms with Gasteiger partial charge in [0.2, 0.25) is 0 Å². The third-order valence-electron chi connectivity index (χ3n) is 3.55. The van der Waals surface area contributed by atoms with Crippen LogP contribution in [0.25, 0.3) is 0 Å². The summed E-state index contributed by atoms with van der Waals surface area (Å²) in [5.74, 6) is 0. The van der Waals surface area contributed by atoms with Crippen LogP contribution in [0.5, 0.6) is 0 Å². The van der Waals surface area contributed by atoms with Gasteiger partial charge < -0.3 is 10.1 Å². The van der Waals surface area contributed by atoms with E-state index in [1.807, 2.05) is 0 Å². The second-order valence-electron chi connectivity index (χ2n) is 4.44. The van der Waals surface area contributed by atoms with Crippen molar-refractivity contribution in [2.75, 3.05) is 33.4 Å². The Hall–Kier alpha value is -0.120. The summed E-state index contributed by atoms with van der Waals surface area (Å²) in [5.41, 5.74) is 0. The Morgan fingerprint density at radius 2 is 2.36 bits per heavy atom. The first-order valence-electron chi connectivity index (χ1n) is 5.88. The highest BCUT2D eigenvalue weighted by Gasteiger charge is 2.34. The number of hydrogen-bond donors (Lipinski definition) is 1. The lowest BCUT2D eigenvalue weighted by Crippen LogP contribution is -2.55. The molecule has 1 aliphatic heterocycles. The van der Waals surface area contributed by atoms with Crippen molar-refractivity contribution in [3.05, 3.63) is 0 Å². The number of nitrogens with zero attached hydrogens (tertiary/aromatic N) is 1. The van der Waals surface area contributed by atoms with Crippen LogP contribution in [0.1, 0.15) is 25.7 Å². The minimum absolute atomic E-state index is 0.784. The molecule has 1 heterocycles. The van der Waals surface area contributed by atoms with Crippen molar-refractivity contribution in [3.8, 4) is 0 Å². The number of methoxy groups -OCH3 is 1. The van der Waals surface area contributed by atoms with Gasteiger partial charge in [-0.05, 0) is 19.3 Å². The maximum Gasteiger partial charge on any atom is 0.0474 e. The average Bonchev–Trinajstić information content (AvgIpc) is 2.67. The molecule has 3 nitrogen and oxygen atoms in total. The Kier molecular flexibility index (Phi) is 3.79. The third kappa shape index (κ3) is 2.27. The number of hydrogen-bond acceptors (Lipinski definition) is 3. The van der Waals surface area contributed by atoms with E-state index in [0.29, 0.717) is 0 Å². The molecular formula is C11H22N2O. The summed E-state index contributed by atoms with van der Waals surface area (Å²) in [6.07, 6.45) is 5.36. The van der Waals surface area contributed by atoms with Gasteiger partial charge in [0.05, 0.1) is 0 Å². The van der Waals surface area contributed by atoms with Crippen LogP contribution >= 0.6 is 0 Å². The minimum atomic E-state index is 0.784. The molecule has 2 unspecified atom stereocenters. The Morgan fingerprint density at radius 3 is 3.21 bits per heavy atom. The van der Waals surface area contributed by atoms with Gasteiger partial charge in [0.1, 0.15) is 0 Å². The molecule has 1 aliphatic carbocycles. The first kappa shape index (κ1) is 10.4. The second kappa shape index (κ2) is 5.10. The normalized spacial score (nSPS) is 33.2. The molecule has 0 aromatic carbocycles. The summed E-state index contributed by atoms with van der Waals surface area (Å²) >= 11 is 0. The SMILES string of the molecule is COCCCN1CCNC2CCCC21. The average molecular weight is 198 g/mol. The third-order valence-corrected chi connectivity index (χ3v) is 3.55. The lowest BCUT2D eigenvalue weighted by atomic mass is 10.1. The van der Waals surface area contributed by atoms with Gasteiger partial charge in [-0.15, -0.1) is 0 Å². The van der Waals surface area contributed by atoms with E-state index in [0.717, 1.165) is 18.7 Å². The topological polar surface area (TPSA) is 24.5 Å². The molecule has 2 fully saturated rings. The zero-order valence-electron chi connectivity index (χ0n) is 9.17. The molecule has 0 amide bonds. The fourth-order valence-corrected chi connectivity index (χ4v) is 2.86. The monoisotopic (exact) mass is 198 g/mol. The summed E-state index contributed by atoms with van der Waals surface area (Å²) < 4.78 is 5.10. The van der Waals surface area contributed by atoms with Crippen LogP contribution in [0.3, 0.4) is 0 Å². The van der Waals surface area contributed by atoms with Crippen LogP contribution in [0.15, 0.2) is 0 Å². The van der Waals surface area contributed by atoms with Gasteiger partial charge in [0, 0.05) is 45.4 Å². The zero-order chi connectivity index (χ0) is 9.80. The van der Waals surface area contributed by atoms with Crippen molar-refractivity contribution >= 4 is 0 Å². The summed E-state index contributed by atoms with van der Waals surface area (Å²) in [5, 5.41) is 3.63. The van der Waals surface area contributed by atoms with Gasteiger partial charge in [-0.3, -0.25) is 4.90 Å². The predicted octanol–water partition coefficient (Wildman–Crippen LogP) is 0.849. The molecule has 14 heavy (non-hydrogen) atoms. The van der Waals surface area contributed by atoms with Crippen molar-refractivity contribution < 1.29 is 4.74 Å². The lowest BCUT2D eigenvalue weighted by Gasteiger charge is -2.38. The second-order valence-corrected chi connectivity index (χ2v) is 4.44. The fourth-order valence-electron chi connectivity index (χ4n) is 2.86. The van der Waals surface area contributed by atoms with Crippen LogP contribution in [0, 0.1) is 0 Å². The van der Waals surface area contributed by atoms with Crippen molar-refractivity contribution in [2.45, 2.75) is 37.8 Å². The summed E-state index contributed by atoms with van der Waals surface area (Å²) in [6.45, 7) is 4.52. The van der Waals surface area contributed by atoms with Crippen LogP contribution < -0.4 is 5.32 Å². The Labute approximate surface area is 86.8 Å². The molecule has 1 N–H and O–H groups in total. The number of piperazine rings is 1. The molecule has 0 aromatic heterocycles. The Balaban J connectivity index is 1.78. The summed E-state index contributed by atoms with van der Waals surface area (Å²) in [4.78, 5) is 2.66. The molecule has 82 valence electrons. The fraction of sp³-hybridized carbons (Fsp3) is 1.00. The first-order valence-corrected chi connectivity index (χ1v) is 5.88. The predicted molar refractivity (Wildman–Crippen MR) is 57.5 cm³/mol. The molecule has 3 heteroatoms. The van der Waals surface area contributed by atoms with Gasteiger partial charge in [-0.25, -0.2) is 0 Å². The van der Waals surface area contributed by atoms with E-state index in [9.17, 15) is 0 Å². The highest BCUT2D eigenvalue weighted by molar-refractivity contribution is 4.93. The van der Waals surface area contributed by atoms with E-state index in [1.54, 1.807) is 7.11 Å². The van der Waals surface area contributed by atoms with Crippen molar-refractivity contribution in [3.63, 3.8) is 0 Å².